The van der Waals surface area contributed by atoms with Gasteiger partial charge in [-0.25, -0.2) is 4.98 Å². The Morgan fingerprint density at radius 3 is 2.61 bits per heavy atom. The third-order valence-electron chi connectivity index (χ3n) is 5.70. The summed E-state index contributed by atoms with van der Waals surface area (Å²) in [5, 5.41) is 3.11. The quantitative estimate of drug-likeness (QED) is 0.417. The molecule has 5 rings (SSSR count). The van der Waals surface area contributed by atoms with Crippen molar-refractivity contribution in [3.8, 4) is 17.2 Å². The Bertz CT molecular complexity index is 1180. The summed E-state index contributed by atoms with van der Waals surface area (Å²) in [6.45, 7) is 4.54. The zero-order chi connectivity index (χ0) is 21.2. The van der Waals surface area contributed by atoms with Crippen molar-refractivity contribution in [3.63, 3.8) is 0 Å². The van der Waals surface area contributed by atoms with E-state index in [4.69, 9.17) is 20.8 Å². The van der Waals surface area contributed by atoms with E-state index in [0.717, 1.165) is 37.5 Å². The van der Waals surface area contributed by atoms with Gasteiger partial charge >= 0.3 is 0 Å². The highest BCUT2D eigenvalue weighted by Gasteiger charge is 2.16. The van der Waals surface area contributed by atoms with E-state index in [1.54, 1.807) is 6.20 Å². The number of benzene rings is 3. The maximum atomic E-state index is 6.05. The van der Waals surface area contributed by atoms with Gasteiger partial charge in [-0.2, -0.15) is 0 Å². The van der Waals surface area contributed by atoms with Crippen molar-refractivity contribution in [1.82, 2.24) is 9.88 Å². The van der Waals surface area contributed by atoms with Crippen molar-refractivity contribution in [1.29, 1.82) is 0 Å². The van der Waals surface area contributed by atoms with Crippen LogP contribution in [0, 0.1) is 0 Å². The molecule has 0 atom stereocenters. The maximum absolute atomic E-state index is 6.05. The summed E-state index contributed by atoms with van der Waals surface area (Å²) < 4.78 is 11.9. The number of nitrogens with zero attached hydrogens (tertiary/aromatic N) is 3. The Kier molecular flexibility index (Phi) is 5.53. The van der Waals surface area contributed by atoms with E-state index >= 15 is 0 Å². The molecule has 3 aromatic carbocycles. The smallest absolute Gasteiger partial charge is 0.226 e. The summed E-state index contributed by atoms with van der Waals surface area (Å²) in [4.78, 5) is 9.19. The molecule has 0 amide bonds. The van der Waals surface area contributed by atoms with E-state index < -0.39 is 0 Å². The van der Waals surface area contributed by atoms with Gasteiger partial charge in [0.25, 0.3) is 0 Å². The Labute approximate surface area is 186 Å². The van der Waals surface area contributed by atoms with Crippen molar-refractivity contribution < 1.29 is 9.15 Å². The monoisotopic (exact) mass is 433 g/mol. The lowest BCUT2D eigenvalue weighted by atomic mass is 10.1. The van der Waals surface area contributed by atoms with Gasteiger partial charge in [0, 0.05) is 47.8 Å². The van der Waals surface area contributed by atoms with Gasteiger partial charge in [-0.15, -0.1) is 0 Å². The van der Waals surface area contributed by atoms with Crippen molar-refractivity contribution in [3.05, 3.63) is 77.6 Å². The topological polar surface area (TPSA) is 41.7 Å². The number of fused-ring (bicyclic) bond motifs is 1. The zero-order valence-corrected chi connectivity index (χ0v) is 18.2. The number of oxazole rings is 1. The number of ether oxygens (including phenoxy) is 1. The number of piperazine rings is 1. The molecule has 31 heavy (non-hydrogen) atoms. The first-order valence-electron chi connectivity index (χ1n) is 10.5. The van der Waals surface area contributed by atoms with Crippen LogP contribution >= 0.6 is 11.6 Å². The molecule has 0 unspecified atom stereocenters. The highest BCUT2D eigenvalue weighted by molar-refractivity contribution is 6.30. The largest absolute Gasteiger partial charge is 0.486 e. The predicted molar refractivity (Wildman–Crippen MR) is 125 cm³/mol. The van der Waals surface area contributed by atoms with Crippen molar-refractivity contribution in [2.24, 2.45) is 0 Å². The van der Waals surface area contributed by atoms with E-state index in [0.29, 0.717) is 23.3 Å². The molecule has 158 valence electrons. The Hall–Kier alpha value is -3.02. The maximum Gasteiger partial charge on any atom is 0.226 e. The summed E-state index contributed by atoms with van der Waals surface area (Å²) in [7, 11) is 2.17. The van der Waals surface area contributed by atoms with Crippen LogP contribution in [0.5, 0.6) is 5.75 Å². The summed E-state index contributed by atoms with van der Waals surface area (Å²) in [6, 6.07) is 20.2. The highest BCUT2D eigenvalue weighted by Crippen LogP contribution is 2.31. The second-order valence-corrected chi connectivity index (χ2v) is 8.31. The normalized spacial score (nSPS) is 14.8. The van der Waals surface area contributed by atoms with Crippen LogP contribution in [-0.4, -0.2) is 43.1 Å². The average molecular weight is 434 g/mol. The summed E-state index contributed by atoms with van der Waals surface area (Å²) in [6.07, 6.45) is 1.71. The van der Waals surface area contributed by atoms with Crippen LogP contribution in [0.25, 0.3) is 22.2 Å². The molecular weight excluding hydrogens is 410 g/mol. The molecule has 0 saturated carbocycles. The van der Waals surface area contributed by atoms with Gasteiger partial charge in [-0.05, 0) is 54.9 Å². The predicted octanol–water partition coefficient (Wildman–Crippen LogP) is 5.48. The summed E-state index contributed by atoms with van der Waals surface area (Å²) in [5.74, 6) is 2.06. The van der Waals surface area contributed by atoms with Gasteiger partial charge in [0.2, 0.25) is 5.89 Å². The number of likely N-dealkylation sites (N-methyl/N-ethyl adjacent to an activating group) is 1. The zero-order valence-electron chi connectivity index (χ0n) is 17.4. The van der Waals surface area contributed by atoms with Crippen molar-refractivity contribution in [2.75, 3.05) is 38.1 Å². The van der Waals surface area contributed by atoms with E-state index in [1.807, 2.05) is 30.3 Å². The second kappa shape index (κ2) is 8.61. The fourth-order valence-corrected chi connectivity index (χ4v) is 4.03. The molecule has 0 bridgehead atoms. The molecule has 0 N–H and O–H groups in total. The molecule has 0 spiro atoms. The number of halogens is 1. The third-order valence-corrected chi connectivity index (χ3v) is 5.95. The van der Waals surface area contributed by atoms with E-state index in [-0.39, 0.29) is 0 Å². The van der Waals surface area contributed by atoms with E-state index in [2.05, 4.69) is 52.2 Å². The lowest BCUT2D eigenvalue weighted by Gasteiger charge is -2.34. The van der Waals surface area contributed by atoms with Crippen LogP contribution in [0.15, 0.2) is 71.3 Å². The second-order valence-electron chi connectivity index (χ2n) is 7.88. The molecule has 2 heterocycles. The van der Waals surface area contributed by atoms with Gasteiger partial charge in [-0.1, -0.05) is 29.8 Å². The number of hydrogen-bond donors (Lipinski definition) is 0. The van der Waals surface area contributed by atoms with E-state index in [1.165, 1.54) is 16.5 Å². The van der Waals surface area contributed by atoms with Crippen LogP contribution in [0.4, 0.5) is 5.69 Å². The SMILES string of the molecule is CN1CCN(c2cccc3ccc(OCc4cnc(-c5ccc(Cl)cc5)o4)cc23)CC1. The molecule has 1 aromatic heterocycles. The minimum absolute atomic E-state index is 0.322. The van der Waals surface area contributed by atoms with E-state index in [9.17, 15) is 0 Å². The highest BCUT2D eigenvalue weighted by atomic mass is 35.5. The number of rotatable bonds is 5. The first kappa shape index (κ1) is 19.9. The molecule has 6 heteroatoms. The summed E-state index contributed by atoms with van der Waals surface area (Å²) in [5.41, 5.74) is 2.15. The van der Waals surface area contributed by atoms with Crippen molar-refractivity contribution >= 4 is 28.1 Å². The Morgan fingerprint density at radius 1 is 1.00 bits per heavy atom. The number of anilines is 1. The van der Waals surface area contributed by atoms with Gasteiger partial charge < -0.3 is 19.0 Å². The molecule has 1 fully saturated rings. The van der Waals surface area contributed by atoms with Crippen molar-refractivity contribution in [2.45, 2.75) is 6.61 Å². The van der Waals surface area contributed by atoms with Gasteiger partial charge in [0.1, 0.15) is 12.4 Å². The van der Waals surface area contributed by atoms with Crippen LogP contribution < -0.4 is 9.64 Å². The van der Waals surface area contributed by atoms with Crippen LogP contribution in [0.2, 0.25) is 5.02 Å². The Morgan fingerprint density at radius 2 is 1.81 bits per heavy atom. The fourth-order valence-electron chi connectivity index (χ4n) is 3.90. The standard InChI is InChI=1S/C25H24ClN3O2/c1-28-11-13-29(14-12-28)24-4-2-3-18-7-10-21(15-23(18)24)30-17-22-16-27-25(31-22)19-5-8-20(26)9-6-19/h2-10,15-16H,11-14,17H2,1H3. The molecule has 5 nitrogen and oxygen atoms in total. The Balaban J connectivity index is 1.33. The lowest BCUT2D eigenvalue weighted by Crippen LogP contribution is -2.44. The first-order chi connectivity index (χ1) is 15.2. The molecule has 4 aromatic rings. The molecule has 0 aliphatic carbocycles. The number of hydrogen-bond acceptors (Lipinski definition) is 5. The van der Waals surface area contributed by atoms with Crippen LogP contribution in [0.1, 0.15) is 5.76 Å². The van der Waals surface area contributed by atoms with Crippen LogP contribution in [-0.2, 0) is 6.61 Å². The molecule has 0 radical (unpaired) electrons. The van der Waals surface area contributed by atoms with Gasteiger partial charge in [-0.3, -0.25) is 0 Å². The molecule has 1 aliphatic heterocycles. The lowest BCUT2D eigenvalue weighted by molar-refractivity contribution is 0.272. The molecule has 1 saturated heterocycles. The molecule has 1 aliphatic rings. The first-order valence-corrected chi connectivity index (χ1v) is 10.8. The average Bonchev–Trinajstić information content (AvgIpc) is 3.27. The minimum atomic E-state index is 0.322. The third kappa shape index (κ3) is 4.38. The minimum Gasteiger partial charge on any atom is -0.486 e. The fraction of sp³-hybridized carbons (Fsp3) is 0.240. The summed E-state index contributed by atoms with van der Waals surface area (Å²) >= 11 is 5.95. The number of aromatic nitrogens is 1. The molecular formula is C25H24ClN3O2. The van der Waals surface area contributed by atoms with Crippen LogP contribution in [0.3, 0.4) is 0 Å². The van der Waals surface area contributed by atoms with Gasteiger partial charge in [0.15, 0.2) is 5.76 Å². The van der Waals surface area contributed by atoms with Gasteiger partial charge in [0.05, 0.1) is 6.20 Å².